The highest BCUT2D eigenvalue weighted by molar-refractivity contribution is 6.02. The van der Waals surface area contributed by atoms with Gasteiger partial charge in [-0.3, -0.25) is 4.79 Å². The lowest BCUT2D eigenvalue weighted by atomic mass is 10.2. The molecule has 8 nitrogen and oxygen atoms in total. The summed E-state index contributed by atoms with van der Waals surface area (Å²) in [6.45, 7) is -0.797. The smallest absolute Gasteiger partial charge is 0.395 e. The highest BCUT2D eigenvalue weighted by Crippen LogP contribution is 2.46. The van der Waals surface area contributed by atoms with Gasteiger partial charge in [-0.25, -0.2) is 4.98 Å². The van der Waals surface area contributed by atoms with Crippen LogP contribution in [0.2, 0.25) is 0 Å². The SMILES string of the molecule is CN1C(=O)C(F)(F)CN(C2CCCC2)c2nc(Nc3cccc4c3OC(F)(F)O4)ncc21. The Balaban J connectivity index is 1.54. The molecule has 0 saturated heterocycles. The van der Waals surface area contributed by atoms with E-state index in [4.69, 9.17) is 0 Å². The molecule has 5 rings (SSSR count). The molecule has 3 heterocycles. The molecule has 1 aromatic carbocycles. The Morgan fingerprint density at radius 1 is 1.16 bits per heavy atom. The van der Waals surface area contributed by atoms with Gasteiger partial charge in [-0.15, -0.1) is 8.78 Å². The van der Waals surface area contributed by atoms with Crippen LogP contribution in [0.25, 0.3) is 0 Å². The van der Waals surface area contributed by atoms with Crippen LogP contribution in [0.15, 0.2) is 24.4 Å². The molecule has 12 heteroatoms. The summed E-state index contributed by atoms with van der Waals surface area (Å²) >= 11 is 0. The van der Waals surface area contributed by atoms with Crippen molar-refractivity contribution in [1.29, 1.82) is 0 Å². The predicted octanol–water partition coefficient (Wildman–Crippen LogP) is 3.90. The van der Waals surface area contributed by atoms with Gasteiger partial charge in [-0.1, -0.05) is 18.9 Å². The van der Waals surface area contributed by atoms with E-state index >= 15 is 0 Å². The fourth-order valence-electron chi connectivity index (χ4n) is 4.29. The summed E-state index contributed by atoms with van der Waals surface area (Å²) < 4.78 is 65.3. The number of hydrogen-bond donors (Lipinski definition) is 1. The standard InChI is InChI=1S/C20H19F4N5O3/c1-28-13-9-25-18(26-12-7-4-8-14-15(12)32-20(23,24)31-14)27-16(13)29(11-5-2-3-6-11)10-19(21,22)17(28)30/h4,7-9,11H,2-3,5-6,10H2,1H3,(H,25,26,27). The number of aromatic nitrogens is 2. The Bertz CT molecular complexity index is 1080. The van der Waals surface area contributed by atoms with Crippen molar-refractivity contribution in [3.05, 3.63) is 24.4 Å². The van der Waals surface area contributed by atoms with Gasteiger partial charge in [0.15, 0.2) is 17.3 Å². The maximum absolute atomic E-state index is 14.6. The number of fused-ring (bicyclic) bond motifs is 2. The van der Waals surface area contributed by atoms with Crippen molar-refractivity contribution >= 4 is 29.0 Å². The van der Waals surface area contributed by atoms with Crippen molar-refractivity contribution in [1.82, 2.24) is 9.97 Å². The number of alkyl halides is 4. The van der Waals surface area contributed by atoms with E-state index in [2.05, 4.69) is 24.8 Å². The highest BCUT2D eigenvalue weighted by atomic mass is 19.3. The third kappa shape index (κ3) is 3.43. The monoisotopic (exact) mass is 453 g/mol. The second-order valence-electron chi connectivity index (χ2n) is 7.96. The molecule has 3 aliphatic rings. The average Bonchev–Trinajstić information content (AvgIpc) is 3.36. The molecular formula is C20H19F4N5O3. The molecule has 1 saturated carbocycles. The van der Waals surface area contributed by atoms with Gasteiger partial charge in [0, 0.05) is 13.1 Å². The highest BCUT2D eigenvalue weighted by Gasteiger charge is 2.49. The molecule has 1 aromatic heterocycles. The van der Waals surface area contributed by atoms with E-state index in [0.717, 1.165) is 17.7 Å². The van der Waals surface area contributed by atoms with E-state index in [1.54, 1.807) is 0 Å². The molecule has 170 valence electrons. The molecule has 0 atom stereocenters. The number of anilines is 4. The van der Waals surface area contributed by atoms with E-state index in [1.165, 1.54) is 36.3 Å². The van der Waals surface area contributed by atoms with Gasteiger partial charge in [0.2, 0.25) is 5.95 Å². The van der Waals surface area contributed by atoms with E-state index in [0.29, 0.717) is 12.8 Å². The number of amides is 1. The number of carbonyl (C=O) groups is 1. The topological polar surface area (TPSA) is 79.8 Å². The maximum Gasteiger partial charge on any atom is 0.586 e. The van der Waals surface area contributed by atoms with Crippen molar-refractivity contribution in [3.8, 4) is 11.5 Å². The van der Waals surface area contributed by atoms with Crippen LogP contribution in [0.1, 0.15) is 25.7 Å². The van der Waals surface area contributed by atoms with E-state index in [1.807, 2.05) is 0 Å². The number of rotatable bonds is 3. The van der Waals surface area contributed by atoms with E-state index < -0.39 is 24.7 Å². The van der Waals surface area contributed by atoms with Gasteiger partial charge in [0.25, 0.3) is 5.91 Å². The fraction of sp³-hybridized carbons (Fsp3) is 0.450. The Morgan fingerprint density at radius 2 is 1.91 bits per heavy atom. The number of nitrogens with one attached hydrogen (secondary N) is 1. The van der Waals surface area contributed by atoms with Crippen LogP contribution in [-0.4, -0.2) is 47.7 Å². The molecule has 0 spiro atoms. The molecule has 1 aliphatic carbocycles. The molecule has 0 radical (unpaired) electrons. The number of benzene rings is 1. The molecule has 2 aromatic rings. The minimum Gasteiger partial charge on any atom is -0.395 e. The lowest BCUT2D eigenvalue weighted by Gasteiger charge is -2.31. The van der Waals surface area contributed by atoms with Crippen LogP contribution < -0.4 is 24.6 Å². The van der Waals surface area contributed by atoms with Crippen LogP contribution in [0, 0.1) is 0 Å². The van der Waals surface area contributed by atoms with Crippen molar-refractivity contribution in [2.75, 3.05) is 28.7 Å². The number of nitrogens with zero attached hydrogens (tertiary/aromatic N) is 4. The number of ether oxygens (including phenoxy) is 2. The summed E-state index contributed by atoms with van der Waals surface area (Å²) in [5.74, 6) is -5.16. The Morgan fingerprint density at radius 3 is 2.66 bits per heavy atom. The molecular weight excluding hydrogens is 434 g/mol. The average molecular weight is 453 g/mol. The lowest BCUT2D eigenvalue weighted by Crippen LogP contribution is -2.48. The maximum atomic E-state index is 14.6. The van der Waals surface area contributed by atoms with Gasteiger partial charge in [0.05, 0.1) is 18.4 Å². The first kappa shape index (κ1) is 20.6. The Kier molecular flexibility index (Phi) is 4.57. The van der Waals surface area contributed by atoms with Crippen molar-refractivity contribution in [2.45, 2.75) is 43.9 Å². The molecule has 2 aliphatic heterocycles. The minimum atomic E-state index is -3.80. The molecule has 32 heavy (non-hydrogen) atoms. The van der Waals surface area contributed by atoms with Crippen LogP contribution in [0.4, 0.5) is 40.7 Å². The van der Waals surface area contributed by atoms with Crippen molar-refractivity contribution < 1.29 is 31.8 Å². The van der Waals surface area contributed by atoms with Crippen LogP contribution in [0.3, 0.4) is 0 Å². The molecule has 0 unspecified atom stereocenters. The third-order valence-corrected chi connectivity index (χ3v) is 5.81. The molecule has 1 fully saturated rings. The first-order valence-corrected chi connectivity index (χ1v) is 10.1. The zero-order valence-electron chi connectivity index (χ0n) is 16.9. The zero-order chi connectivity index (χ0) is 22.7. The summed E-state index contributed by atoms with van der Waals surface area (Å²) in [6.07, 6.45) is 0.649. The van der Waals surface area contributed by atoms with Crippen LogP contribution >= 0.6 is 0 Å². The van der Waals surface area contributed by atoms with Gasteiger partial charge >= 0.3 is 12.2 Å². The largest absolute Gasteiger partial charge is 0.586 e. The third-order valence-electron chi connectivity index (χ3n) is 5.81. The zero-order valence-corrected chi connectivity index (χ0v) is 16.9. The minimum absolute atomic E-state index is 0.0231. The number of carbonyl (C=O) groups excluding carboxylic acids is 1. The van der Waals surface area contributed by atoms with Gasteiger partial charge in [-0.2, -0.15) is 13.8 Å². The Hall–Kier alpha value is -3.31. The first-order chi connectivity index (χ1) is 15.1. The summed E-state index contributed by atoms with van der Waals surface area (Å²) in [7, 11) is 1.25. The molecule has 1 N–H and O–H groups in total. The Labute approximate surface area is 180 Å². The fourth-order valence-corrected chi connectivity index (χ4v) is 4.29. The number of hydrogen-bond acceptors (Lipinski definition) is 7. The molecule has 0 bridgehead atoms. The van der Waals surface area contributed by atoms with E-state index in [-0.39, 0.29) is 40.7 Å². The first-order valence-electron chi connectivity index (χ1n) is 10.1. The van der Waals surface area contributed by atoms with Gasteiger partial charge < -0.3 is 24.6 Å². The normalized spacial score (nSPS) is 21.5. The predicted molar refractivity (Wildman–Crippen MR) is 106 cm³/mol. The molecule has 1 amide bonds. The van der Waals surface area contributed by atoms with Crippen LogP contribution in [0.5, 0.6) is 11.5 Å². The summed E-state index contributed by atoms with van der Waals surface area (Å²) in [4.78, 5) is 23.2. The van der Waals surface area contributed by atoms with Crippen molar-refractivity contribution in [2.24, 2.45) is 0 Å². The second-order valence-corrected chi connectivity index (χ2v) is 7.96. The van der Waals surface area contributed by atoms with Gasteiger partial charge in [0.1, 0.15) is 5.69 Å². The van der Waals surface area contributed by atoms with E-state index in [9.17, 15) is 22.4 Å². The quantitative estimate of drug-likeness (QED) is 0.706. The van der Waals surface area contributed by atoms with Crippen LogP contribution in [-0.2, 0) is 4.79 Å². The summed E-state index contributed by atoms with van der Waals surface area (Å²) in [5.41, 5.74) is 0.268. The lowest BCUT2D eigenvalue weighted by molar-refractivity contribution is -0.286. The van der Waals surface area contributed by atoms with Crippen molar-refractivity contribution in [3.63, 3.8) is 0 Å². The number of para-hydroxylation sites is 1. The summed E-state index contributed by atoms with van der Waals surface area (Å²) in [5, 5.41) is 2.79. The summed E-state index contributed by atoms with van der Waals surface area (Å²) in [6, 6.07) is 4.08. The van der Waals surface area contributed by atoms with Gasteiger partial charge in [-0.05, 0) is 25.0 Å². The number of halogens is 4. The second kappa shape index (κ2) is 7.10.